The molecule has 0 radical (unpaired) electrons. The van der Waals surface area contributed by atoms with E-state index in [1.54, 1.807) is 5.57 Å². The second-order valence-corrected chi connectivity index (χ2v) is 20.8. The maximum Gasteiger partial charge on any atom is 0.303 e. The van der Waals surface area contributed by atoms with Crippen molar-refractivity contribution in [2.45, 2.75) is 290 Å². The lowest BCUT2D eigenvalue weighted by Gasteiger charge is -2.37. The van der Waals surface area contributed by atoms with E-state index in [4.69, 9.17) is 14.9 Å². The summed E-state index contributed by atoms with van der Waals surface area (Å²) >= 11 is 0. The van der Waals surface area contributed by atoms with Gasteiger partial charge in [-0.15, -0.1) is 0 Å². The molecule has 0 aromatic heterocycles. The van der Waals surface area contributed by atoms with Crippen LogP contribution in [0.5, 0.6) is 0 Å². The van der Waals surface area contributed by atoms with E-state index < -0.39 is 17.9 Å². The minimum Gasteiger partial charge on any atom is -0.550 e. The van der Waals surface area contributed by atoms with Gasteiger partial charge in [-0.25, -0.2) is 0 Å². The first-order chi connectivity index (χ1) is 33.0. The fourth-order valence-electron chi connectivity index (χ4n) is 9.97. The van der Waals surface area contributed by atoms with E-state index in [1.165, 1.54) is 191 Å². The topological polar surface area (TPSA) is 149 Å². The normalized spacial score (nSPS) is 13.1. The Labute approximate surface area is 421 Å². The van der Waals surface area contributed by atoms with Gasteiger partial charge in [0.25, 0.3) is 0 Å². The molecule has 0 spiro atoms. The quantitative estimate of drug-likeness (QED) is 0.0348. The lowest BCUT2D eigenvalue weighted by Crippen LogP contribution is -3.06. The van der Waals surface area contributed by atoms with Crippen LogP contribution in [0.3, 0.4) is 0 Å². The van der Waals surface area contributed by atoms with Crippen LogP contribution >= 0.6 is 0 Å². The first-order valence-corrected chi connectivity index (χ1v) is 29.3. The standard InChI is InChI=1S/C53H100O6.C6H15NO2/c1-4-7-10-13-21-29-38-47(40-31-23-15-17-26-35-44-51(54)55)49(42-33-20-12-9-6-3)50(43-34-25-19-28-37-46-53(58)59)48(39-30-22-14-11-8-5-2)41-32-24-16-18-27-36-45-52(56)57;1-7(2)3-5-9-6-4-8/h40,48-50H,4-39,41-46H2,1-3H3,(H,54,55)(H,56,57)(H,58,59);8H,3-6H2,1-2H3/b47-40-;. The molecule has 68 heavy (non-hydrogen) atoms. The minimum atomic E-state index is -0.924. The Hall–Kier alpha value is -1.97. The number of hydrogen-bond acceptors (Lipinski definition) is 6. The number of carbonyl (C=O) groups is 3. The summed E-state index contributed by atoms with van der Waals surface area (Å²) in [5, 5.41) is 37.5. The molecule has 9 nitrogen and oxygen atoms in total. The molecule has 0 aliphatic carbocycles. The number of quaternary nitrogens is 1. The molecule has 0 aromatic carbocycles. The number of carbonyl (C=O) groups excluding carboxylic acids is 1. The van der Waals surface area contributed by atoms with Gasteiger partial charge in [-0.1, -0.05) is 225 Å². The van der Waals surface area contributed by atoms with Crippen LogP contribution in [-0.4, -0.2) is 73.7 Å². The third kappa shape index (κ3) is 50.4. The number of carboxylic acid groups (broad SMARTS) is 3. The average Bonchev–Trinajstić information content (AvgIpc) is 3.30. The molecule has 4 N–H and O–H groups in total. The molecule has 0 aliphatic heterocycles. The van der Waals surface area contributed by atoms with Gasteiger partial charge in [0.1, 0.15) is 6.54 Å². The summed E-state index contributed by atoms with van der Waals surface area (Å²) in [5.74, 6) is -0.210. The number of rotatable bonds is 53. The van der Waals surface area contributed by atoms with Crippen LogP contribution < -0.4 is 10.0 Å². The van der Waals surface area contributed by atoms with Crippen molar-refractivity contribution in [1.82, 2.24) is 0 Å². The van der Waals surface area contributed by atoms with Gasteiger partial charge in [0.15, 0.2) is 0 Å². The maximum atomic E-state index is 11.2. The van der Waals surface area contributed by atoms with Gasteiger partial charge in [-0.2, -0.15) is 0 Å². The summed E-state index contributed by atoms with van der Waals surface area (Å²) in [6.45, 7) is 9.25. The molecule has 9 heteroatoms. The van der Waals surface area contributed by atoms with Crippen molar-refractivity contribution in [2.75, 3.05) is 40.5 Å². The summed E-state index contributed by atoms with van der Waals surface area (Å²) in [6, 6.07) is 0. The van der Waals surface area contributed by atoms with Crippen molar-refractivity contribution in [3.63, 3.8) is 0 Å². The number of nitrogens with one attached hydrogen (secondary N) is 1. The molecule has 0 amide bonds. The van der Waals surface area contributed by atoms with Gasteiger partial charge in [0, 0.05) is 18.8 Å². The van der Waals surface area contributed by atoms with Crippen LogP contribution in [0.1, 0.15) is 290 Å². The number of carboxylic acids is 3. The van der Waals surface area contributed by atoms with Crippen molar-refractivity contribution in [3.8, 4) is 0 Å². The third-order valence-electron chi connectivity index (χ3n) is 14.1. The molecule has 0 saturated heterocycles. The van der Waals surface area contributed by atoms with E-state index in [2.05, 4.69) is 40.9 Å². The van der Waals surface area contributed by atoms with Gasteiger partial charge in [-0.3, -0.25) is 9.59 Å². The zero-order chi connectivity index (χ0) is 50.6. The molecule has 0 bridgehead atoms. The predicted molar refractivity (Wildman–Crippen MR) is 285 cm³/mol. The highest BCUT2D eigenvalue weighted by molar-refractivity contribution is 5.66. The SMILES string of the molecule is CCCCCCCC/C(=C/CCCCCCCC(=O)O)C(CCCCCCC)C(CCCCCCCC(=O)O)C(CCCCCCCC)CCCCCCCCC(=O)[O-].C[NH+](C)CCOCCO. The van der Waals surface area contributed by atoms with E-state index in [-0.39, 0.29) is 25.9 Å². The van der Waals surface area contributed by atoms with Crippen molar-refractivity contribution in [2.24, 2.45) is 17.8 Å². The Bertz CT molecular complexity index is 1110. The van der Waals surface area contributed by atoms with Crippen LogP contribution in [0, 0.1) is 17.8 Å². The highest BCUT2D eigenvalue weighted by Crippen LogP contribution is 2.42. The van der Waals surface area contributed by atoms with Gasteiger partial charge in [-0.05, 0) is 82.0 Å². The molecule has 0 heterocycles. The number of aliphatic hydroxyl groups excluding tert-OH is 1. The second-order valence-electron chi connectivity index (χ2n) is 20.8. The van der Waals surface area contributed by atoms with Crippen molar-refractivity contribution >= 4 is 17.9 Å². The first-order valence-electron chi connectivity index (χ1n) is 29.3. The molecule has 0 aromatic rings. The van der Waals surface area contributed by atoms with Crippen LogP contribution in [0.4, 0.5) is 0 Å². The van der Waals surface area contributed by atoms with E-state index in [0.29, 0.717) is 18.4 Å². The van der Waals surface area contributed by atoms with Crippen molar-refractivity contribution in [3.05, 3.63) is 11.6 Å². The molecular formula is C59H115NO8. The number of ether oxygens (including phenoxy) is 1. The smallest absolute Gasteiger partial charge is 0.303 e. The zero-order valence-corrected chi connectivity index (χ0v) is 45.7. The van der Waals surface area contributed by atoms with Crippen molar-refractivity contribution in [1.29, 1.82) is 0 Å². The summed E-state index contributed by atoms with van der Waals surface area (Å²) in [7, 11) is 4.14. The maximum absolute atomic E-state index is 11.2. The number of aliphatic carboxylic acids is 3. The fourth-order valence-corrected chi connectivity index (χ4v) is 9.97. The summed E-state index contributed by atoms with van der Waals surface area (Å²) in [4.78, 5) is 34.5. The molecule has 3 atom stereocenters. The average molecular weight is 967 g/mol. The molecule has 3 unspecified atom stereocenters. The summed E-state index contributed by atoms with van der Waals surface area (Å²) < 4.78 is 5.02. The van der Waals surface area contributed by atoms with Gasteiger partial charge >= 0.3 is 11.9 Å². The number of likely N-dealkylation sites (N-methyl/N-ethyl adjacent to an activating group) is 1. The molecular weight excluding hydrogens is 851 g/mol. The van der Waals surface area contributed by atoms with E-state index >= 15 is 0 Å². The predicted octanol–water partition coefficient (Wildman–Crippen LogP) is 14.3. The fraction of sp³-hybridized carbons (Fsp3) is 0.915. The van der Waals surface area contributed by atoms with E-state index in [9.17, 15) is 24.6 Å². The number of hydrogen-bond donors (Lipinski definition) is 4. The van der Waals surface area contributed by atoms with Gasteiger partial charge < -0.3 is 34.9 Å². The first kappa shape index (κ1) is 68.1. The third-order valence-corrected chi connectivity index (χ3v) is 14.1. The molecule has 0 rings (SSSR count). The lowest BCUT2D eigenvalue weighted by molar-refractivity contribution is -0.858. The number of aliphatic hydroxyl groups is 1. The Morgan fingerprint density at radius 2 is 0.868 bits per heavy atom. The molecule has 0 aliphatic rings. The highest BCUT2D eigenvalue weighted by Gasteiger charge is 2.31. The van der Waals surface area contributed by atoms with Crippen LogP contribution in [-0.2, 0) is 19.1 Å². The largest absolute Gasteiger partial charge is 0.550 e. The van der Waals surface area contributed by atoms with Crippen molar-refractivity contribution < 1.29 is 44.4 Å². The Balaban J connectivity index is 0. The number of allylic oxidation sites excluding steroid dienone is 2. The summed E-state index contributed by atoms with van der Waals surface area (Å²) in [5.41, 5.74) is 1.77. The highest BCUT2D eigenvalue weighted by atomic mass is 16.5. The Kier molecular flexibility index (Phi) is 54.5. The Morgan fingerprint density at radius 3 is 1.29 bits per heavy atom. The second kappa shape index (κ2) is 54.4. The Morgan fingerprint density at radius 1 is 0.485 bits per heavy atom. The van der Waals surface area contributed by atoms with Crippen LogP contribution in [0.25, 0.3) is 0 Å². The van der Waals surface area contributed by atoms with Gasteiger partial charge in [0.05, 0.1) is 33.9 Å². The number of unbranched alkanes of at least 4 members (excludes halogenated alkanes) is 28. The van der Waals surface area contributed by atoms with Crippen LogP contribution in [0.2, 0.25) is 0 Å². The molecule has 0 saturated carbocycles. The van der Waals surface area contributed by atoms with Crippen LogP contribution in [0.15, 0.2) is 11.6 Å². The van der Waals surface area contributed by atoms with Gasteiger partial charge in [0.2, 0.25) is 0 Å². The molecule has 404 valence electrons. The van der Waals surface area contributed by atoms with E-state index in [1.807, 2.05) is 0 Å². The summed E-state index contributed by atoms with van der Waals surface area (Å²) in [6.07, 6.45) is 50.9. The molecule has 0 fully saturated rings. The lowest BCUT2D eigenvalue weighted by atomic mass is 9.68. The zero-order valence-electron chi connectivity index (χ0n) is 45.7. The minimum absolute atomic E-state index is 0.128. The monoisotopic (exact) mass is 966 g/mol. The van der Waals surface area contributed by atoms with E-state index in [0.717, 1.165) is 83.3 Å².